The number of unbranched alkanes of at least 4 members (excludes halogenated alkanes) is 1. The number of hydrogen-bond donors (Lipinski definition) is 1. The smallest absolute Gasteiger partial charge is 0.0663 e. The maximum Gasteiger partial charge on any atom is 0.0663 e. The van der Waals surface area contributed by atoms with E-state index in [9.17, 15) is 0 Å². The van der Waals surface area contributed by atoms with E-state index in [1.807, 2.05) is 24.3 Å². The van der Waals surface area contributed by atoms with E-state index >= 15 is 0 Å². The van der Waals surface area contributed by atoms with E-state index in [-0.39, 0.29) is 0 Å². The third-order valence-electron chi connectivity index (χ3n) is 2.46. The van der Waals surface area contributed by atoms with Crippen molar-refractivity contribution in [3.8, 4) is 6.07 Å². The molecule has 0 heterocycles. The summed E-state index contributed by atoms with van der Waals surface area (Å²) < 4.78 is 0. The molecule has 1 aromatic rings. The summed E-state index contributed by atoms with van der Waals surface area (Å²) in [5.41, 5.74) is 1.17. The fourth-order valence-electron chi connectivity index (χ4n) is 1.54. The van der Waals surface area contributed by atoms with Gasteiger partial charge in [0.25, 0.3) is 0 Å². The minimum absolute atomic E-state index is 0.519. The third kappa shape index (κ3) is 7.29. The van der Waals surface area contributed by atoms with Crippen molar-refractivity contribution < 1.29 is 0 Å². The van der Waals surface area contributed by atoms with Crippen molar-refractivity contribution in [1.29, 1.82) is 5.26 Å². The van der Waals surface area contributed by atoms with E-state index in [2.05, 4.69) is 41.7 Å². The Bertz CT molecular complexity index is 399. The summed E-state index contributed by atoms with van der Waals surface area (Å²) in [6.07, 6.45) is 12.0. The summed E-state index contributed by atoms with van der Waals surface area (Å²) in [6.45, 7) is 0.963. The van der Waals surface area contributed by atoms with E-state index in [0.29, 0.717) is 6.42 Å². The highest BCUT2D eigenvalue weighted by Crippen LogP contribution is 2.04. The molecule has 0 saturated heterocycles. The molecule has 0 fully saturated rings. The minimum Gasteiger partial charge on any atom is -0.385 e. The lowest BCUT2D eigenvalue weighted by Gasteiger charge is -2.02. The normalized spacial score (nSPS) is 10.8. The Labute approximate surface area is 110 Å². The van der Waals surface area contributed by atoms with Gasteiger partial charge in [-0.05, 0) is 31.4 Å². The highest BCUT2D eigenvalue weighted by atomic mass is 14.9. The van der Waals surface area contributed by atoms with E-state index in [1.54, 1.807) is 0 Å². The predicted octanol–water partition coefficient (Wildman–Crippen LogP) is 4.29. The molecule has 0 saturated carbocycles. The Balaban J connectivity index is 1.99. The Hall–Kier alpha value is -2.01. The number of benzene rings is 1. The van der Waals surface area contributed by atoms with Crippen LogP contribution in [0, 0.1) is 11.3 Å². The van der Waals surface area contributed by atoms with Crippen molar-refractivity contribution in [2.24, 2.45) is 0 Å². The zero-order valence-corrected chi connectivity index (χ0v) is 10.7. The van der Waals surface area contributed by atoms with Crippen LogP contribution >= 0.6 is 0 Å². The van der Waals surface area contributed by atoms with Gasteiger partial charge in [-0.15, -0.1) is 0 Å². The SMILES string of the molecule is N#CCC=CCCC=CCCNc1ccccc1. The van der Waals surface area contributed by atoms with E-state index < -0.39 is 0 Å². The maximum atomic E-state index is 8.34. The van der Waals surface area contributed by atoms with Crippen LogP contribution in [0.1, 0.15) is 25.7 Å². The van der Waals surface area contributed by atoms with Gasteiger partial charge in [-0.1, -0.05) is 42.5 Å². The number of anilines is 1. The molecule has 0 spiro atoms. The van der Waals surface area contributed by atoms with Crippen LogP contribution < -0.4 is 5.32 Å². The van der Waals surface area contributed by atoms with E-state index in [0.717, 1.165) is 25.8 Å². The highest BCUT2D eigenvalue weighted by Gasteiger charge is 1.86. The zero-order valence-electron chi connectivity index (χ0n) is 10.7. The lowest BCUT2D eigenvalue weighted by molar-refractivity contribution is 1.01. The van der Waals surface area contributed by atoms with E-state index in [1.165, 1.54) is 5.69 Å². The first-order valence-electron chi connectivity index (χ1n) is 6.39. The van der Waals surface area contributed by atoms with Crippen molar-refractivity contribution >= 4 is 5.69 Å². The monoisotopic (exact) mass is 240 g/mol. The number of rotatable bonds is 8. The fraction of sp³-hybridized carbons (Fsp3) is 0.312. The van der Waals surface area contributed by atoms with Crippen LogP contribution in [-0.4, -0.2) is 6.54 Å². The van der Waals surface area contributed by atoms with Gasteiger partial charge < -0.3 is 5.32 Å². The molecule has 2 heteroatoms. The Kier molecular flexibility index (Phi) is 7.93. The highest BCUT2D eigenvalue weighted by molar-refractivity contribution is 5.42. The molecule has 0 aliphatic heterocycles. The van der Waals surface area contributed by atoms with Crippen LogP contribution in [0.4, 0.5) is 5.69 Å². The second-order valence-corrected chi connectivity index (χ2v) is 3.96. The topological polar surface area (TPSA) is 35.8 Å². The molecule has 18 heavy (non-hydrogen) atoms. The summed E-state index contributed by atoms with van der Waals surface area (Å²) in [4.78, 5) is 0. The number of hydrogen-bond acceptors (Lipinski definition) is 2. The second-order valence-electron chi connectivity index (χ2n) is 3.96. The molecule has 0 aromatic heterocycles. The van der Waals surface area contributed by atoms with E-state index in [4.69, 9.17) is 5.26 Å². The van der Waals surface area contributed by atoms with Crippen LogP contribution in [0.3, 0.4) is 0 Å². The van der Waals surface area contributed by atoms with Crippen molar-refractivity contribution in [1.82, 2.24) is 0 Å². The second kappa shape index (κ2) is 10.2. The van der Waals surface area contributed by atoms with Crippen LogP contribution in [0.5, 0.6) is 0 Å². The van der Waals surface area contributed by atoms with Crippen molar-refractivity contribution in [3.05, 3.63) is 54.6 Å². The van der Waals surface area contributed by atoms with Crippen molar-refractivity contribution in [2.75, 3.05) is 11.9 Å². The van der Waals surface area contributed by atoms with Crippen molar-refractivity contribution in [2.45, 2.75) is 25.7 Å². The Morgan fingerprint density at radius 2 is 1.61 bits per heavy atom. The van der Waals surface area contributed by atoms with Gasteiger partial charge in [-0.2, -0.15) is 5.26 Å². The average molecular weight is 240 g/mol. The minimum atomic E-state index is 0.519. The van der Waals surface area contributed by atoms with Gasteiger partial charge in [0.15, 0.2) is 0 Å². The molecule has 2 nitrogen and oxygen atoms in total. The summed E-state index contributed by atoms with van der Waals surface area (Å²) in [7, 11) is 0. The largest absolute Gasteiger partial charge is 0.385 e. The number of para-hydroxylation sites is 1. The molecule has 0 radical (unpaired) electrons. The van der Waals surface area contributed by atoms with Gasteiger partial charge >= 0.3 is 0 Å². The molecule has 1 rings (SSSR count). The number of nitrogens with zero attached hydrogens (tertiary/aromatic N) is 1. The van der Waals surface area contributed by atoms with Gasteiger partial charge in [0, 0.05) is 12.2 Å². The van der Waals surface area contributed by atoms with Crippen LogP contribution in [0.2, 0.25) is 0 Å². The predicted molar refractivity (Wildman–Crippen MR) is 77.3 cm³/mol. The molecule has 94 valence electrons. The first-order chi connectivity index (χ1) is 8.93. The molecule has 1 aromatic carbocycles. The first kappa shape index (κ1) is 14.1. The number of allylic oxidation sites excluding steroid dienone is 3. The van der Waals surface area contributed by atoms with Gasteiger partial charge in [-0.25, -0.2) is 0 Å². The molecule has 0 aliphatic rings. The van der Waals surface area contributed by atoms with Crippen LogP contribution in [0.15, 0.2) is 54.6 Å². The molecule has 0 unspecified atom stereocenters. The fourth-order valence-corrected chi connectivity index (χ4v) is 1.54. The molecule has 0 amide bonds. The average Bonchev–Trinajstić information content (AvgIpc) is 2.42. The summed E-state index contributed by atoms with van der Waals surface area (Å²) >= 11 is 0. The molecule has 0 bridgehead atoms. The Morgan fingerprint density at radius 1 is 0.944 bits per heavy atom. The molecule has 0 aliphatic carbocycles. The van der Waals surface area contributed by atoms with Crippen molar-refractivity contribution in [3.63, 3.8) is 0 Å². The molecular weight excluding hydrogens is 220 g/mol. The Morgan fingerprint density at radius 3 is 2.33 bits per heavy atom. The maximum absolute atomic E-state index is 8.34. The molecule has 0 atom stereocenters. The molecular formula is C16H20N2. The van der Waals surface area contributed by atoms with Gasteiger partial charge in [0.2, 0.25) is 0 Å². The quantitative estimate of drug-likeness (QED) is 0.543. The third-order valence-corrected chi connectivity index (χ3v) is 2.46. The van der Waals surface area contributed by atoms with Crippen LogP contribution in [-0.2, 0) is 0 Å². The van der Waals surface area contributed by atoms with Gasteiger partial charge in [0.1, 0.15) is 0 Å². The summed E-state index contributed by atoms with van der Waals surface area (Å²) in [5.74, 6) is 0. The standard InChI is InChI=1S/C16H20N2/c17-14-10-5-3-1-2-4-6-11-15-18-16-12-8-7-9-13-16/h3-9,12-13,18H,1-2,10-11,15H2. The number of nitrogens with one attached hydrogen (secondary N) is 1. The van der Waals surface area contributed by atoms with Gasteiger partial charge in [-0.3, -0.25) is 0 Å². The first-order valence-corrected chi connectivity index (χ1v) is 6.39. The van der Waals surface area contributed by atoms with Crippen LogP contribution in [0.25, 0.3) is 0 Å². The van der Waals surface area contributed by atoms with Gasteiger partial charge in [0.05, 0.1) is 12.5 Å². The number of nitriles is 1. The lowest BCUT2D eigenvalue weighted by atomic mass is 10.2. The lowest BCUT2D eigenvalue weighted by Crippen LogP contribution is -1.99. The summed E-state index contributed by atoms with van der Waals surface area (Å²) in [6, 6.07) is 12.3. The summed E-state index contributed by atoms with van der Waals surface area (Å²) in [5, 5.41) is 11.7. The zero-order chi connectivity index (χ0) is 12.9. The molecule has 1 N–H and O–H groups in total.